The van der Waals surface area contributed by atoms with E-state index in [1.807, 2.05) is 0 Å². The molecule has 0 aliphatic heterocycles. The molecule has 1 atom stereocenters. The molecule has 0 fully saturated rings. The Bertz CT molecular complexity index is 323. The minimum Gasteiger partial charge on any atom is -0.396 e. The molecule has 0 aliphatic carbocycles. The number of nitrogens with two attached hydrogens (primary N) is 1. The number of carbonyl (C=O) groups is 1. The molecule has 0 aliphatic rings. The number of aliphatic hydroxyl groups excluding tert-OH is 2. The van der Waals surface area contributed by atoms with Gasteiger partial charge in [-0.15, -0.1) is 0 Å². The van der Waals surface area contributed by atoms with Gasteiger partial charge in [-0.2, -0.15) is 0 Å². The number of hydrogen-bond donors (Lipinski definition) is 3. The molecule has 1 unspecified atom stereocenters. The third-order valence-corrected chi connectivity index (χ3v) is 5.63. The van der Waals surface area contributed by atoms with Crippen LogP contribution in [0.5, 0.6) is 0 Å². The normalized spacial score (nSPS) is 11.7. The first kappa shape index (κ1) is 31.6. The van der Waals surface area contributed by atoms with Crippen LogP contribution in [0.1, 0.15) is 149 Å². The molecule has 1 amide bonds. The molecule has 0 saturated heterocycles. The first-order valence-corrected chi connectivity index (χ1v) is 13.2. The van der Waals surface area contributed by atoms with E-state index in [1.165, 1.54) is 96.3 Å². The molecule has 0 saturated carbocycles. The summed E-state index contributed by atoms with van der Waals surface area (Å²) >= 11 is 0. The Balaban J connectivity index is 0. The molecule has 0 aromatic heterocycles. The van der Waals surface area contributed by atoms with E-state index in [0.29, 0.717) is 12.8 Å². The lowest BCUT2D eigenvalue weighted by Crippen LogP contribution is -2.09. The Morgan fingerprint density at radius 1 is 0.633 bits per heavy atom. The maximum Gasteiger partial charge on any atom is 0.217 e. The monoisotopic (exact) mass is 429 g/mol. The zero-order valence-electron chi connectivity index (χ0n) is 20.5. The van der Waals surface area contributed by atoms with Crippen LogP contribution in [-0.4, -0.2) is 28.8 Å². The molecule has 0 radical (unpaired) electrons. The summed E-state index contributed by atoms with van der Waals surface area (Å²) in [4.78, 5) is 10.3. The van der Waals surface area contributed by atoms with Gasteiger partial charge in [0.15, 0.2) is 0 Å². The second-order valence-electron chi connectivity index (χ2n) is 8.83. The van der Waals surface area contributed by atoms with Crippen molar-refractivity contribution >= 4 is 5.91 Å². The van der Waals surface area contributed by atoms with E-state index in [4.69, 9.17) is 10.8 Å². The topological polar surface area (TPSA) is 83.6 Å². The molecule has 0 rings (SSSR count). The van der Waals surface area contributed by atoms with Crippen LogP contribution in [0.4, 0.5) is 0 Å². The SMILES string of the molecule is CCCCCCCC(N)=O.CCCCCCCCCCCCCCCC(O)CCO. The van der Waals surface area contributed by atoms with Crippen LogP contribution in [0.3, 0.4) is 0 Å². The highest BCUT2D eigenvalue weighted by Crippen LogP contribution is 2.13. The summed E-state index contributed by atoms with van der Waals surface area (Å²) < 4.78 is 0. The fourth-order valence-electron chi connectivity index (χ4n) is 3.59. The fourth-order valence-corrected chi connectivity index (χ4v) is 3.59. The van der Waals surface area contributed by atoms with E-state index in [2.05, 4.69) is 13.8 Å². The van der Waals surface area contributed by atoms with E-state index >= 15 is 0 Å². The first-order valence-electron chi connectivity index (χ1n) is 13.2. The summed E-state index contributed by atoms with van der Waals surface area (Å²) in [6.45, 7) is 4.56. The molecule has 0 aromatic carbocycles. The zero-order valence-corrected chi connectivity index (χ0v) is 20.5. The van der Waals surface area contributed by atoms with Crippen molar-refractivity contribution < 1.29 is 15.0 Å². The smallest absolute Gasteiger partial charge is 0.217 e. The summed E-state index contributed by atoms with van der Waals surface area (Å²) in [7, 11) is 0. The molecule has 0 aromatic rings. The third-order valence-electron chi connectivity index (χ3n) is 5.63. The quantitative estimate of drug-likeness (QED) is 0.161. The van der Waals surface area contributed by atoms with Crippen molar-refractivity contribution in [3.8, 4) is 0 Å². The number of carbonyl (C=O) groups excluding carboxylic acids is 1. The second-order valence-corrected chi connectivity index (χ2v) is 8.83. The highest BCUT2D eigenvalue weighted by Gasteiger charge is 2.02. The van der Waals surface area contributed by atoms with Crippen molar-refractivity contribution in [1.29, 1.82) is 0 Å². The Hall–Kier alpha value is -0.610. The number of rotatable bonds is 22. The summed E-state index contributed by atoms with van der Waals surface area (Å²) in [5.74, 6) is -0.170. The number of amides is 1. The lowest BCUT2D eigenvalue weighted by molar-refractivity contribution is -0.118. The first-order chi connectivity index (χ1) is 14.6. The Labute approximate surface area is 188 Å². The van der Waals surface area contributed by atoms with Gasteiger partial charge in [0.2, 0.25) is 5.91 Å². The van der Waals surface area contributed by atoms with Crippen molar-refractivity contribution in [3.63, 3.8) is 0 Å². The minimum absolute atomic E-state index is 0.111. The van der Waals surface area contributed by atoms with Crippen molar-refractivity contribution in [1.82, 2.24) is 0 Å². The summed E-state index contributed by atoms with van der Waals surface area (Å²) in [6.07, 6.45) is 25.2. The Morgan fingerprint density at radius 2 is 1.00 bits per heavy atom. The van der Waals surface area contributed by atoms with Gasteiger partial charge in [-0.25, -0.2) is 0 Å². The largest absolute Gasteiger partial charge is 0.396 e. The van der Waals surface area contributed by atoms with Crippen molar-refractivity contribution in [2.45, 2.75) is 155 Å². The molecule has 4 N–H and O–H groups in total. The van der Waals surface area contributed by atoms with Crippen LogP contribution >= 0.6 is 0 Å². The van der Waals surface area contributed by atoms with E-state index < -0.39 is 0 Å². The average Bonchev–Trinajstić information content (AvgIpc) is 2.72. The molecular weight excluding hydrogens is 374 g/mol. The van der Waals surface area contributed by atoms with E-state index in [0.717, 1.165) is 25.7 Å². The van der Waals surface area contributed by atoms with Gasteiger partial charge in [0, 0.05) is 13.0 Å². The van der Waals surface area contributed by atoms with Crippen LogP contribution < -0.4 is 5.73 Å². The van der Waals surface area contributed by atoms with Gasteiger partial charge < -0.3 is 15.9 Å². The zero-order chi connectivity index (χ0) is 22.7. The standard InChI is InChI=1S/C18H38O2.C8H17NO/c1-2-3-4-5-6-7-8-9-10-11-12-13-14-15-18(20)16-17-19;1-2-3-4-5-6-7-8(9)10/h18-20H,2-17H2,1H3;2-7H2,1H3,(H2,9,10). The number of aliphatic hydroxyl groups is 2. The van der Waals surface area contributed by atoms with Gasteiger partial charge in [-0.05, 0) is 19.3 Å². The van der Waals surface area contributed by atoms with Crippen LogP contribution in [0.15, 0.2) is 0 Å². The van der Waals surface area contributed by atoms with Crippen molar-refractivity contribution in [2.24, 2.45) is 5.73 Å². The van der Waals surface area contributed by atoms with Crippen LogP contribution in [0.25, 0.3) is 0 Å². The molecule has 182 valence electrons. The van der Waals surface area contributed by atoms with Crippen LogP contribution in [0, 0.1) is 0 Å². The molecule has 0 bridgehead atoms. The fraction of sp³-hybridized carbons (Fsp3) is 0.962. The highest BCUT2D eigenvalue weighted by atomic mass is 16.3. The van der Waals surface area contributed by atoms with Crippen LogP contribution in [-0.2, 0) is 4.79 Å². The van der Waals surface area contributed by atoms with E-state index in [9.17, 15) is 9.90 Å². The van der Waals surface area contributed by atoms with Gasteiger partial charge in [0.1, 0.15) is 0 Å². The van der Waals surface area contributed by atoms with Gasteiger partial charge >= 0.3 is 0 Å². The van der Waals surface area contributed by atoms with Gasteiger partial charge in [-0.3, -0.25) is 4.79 Å². The maximum atomic E-state index is 10.3. The lowest BCUT2D eigenvalue weighted by atomic mass is 10.0. The van der Waals surface area contributed by atoms with Gasteiger partial charge in [-0.1, -0.05) is 123 Å². The Kier molecular flexibility index (Phi) is 29.9. The van der Waals surface area contributed by atoms with E-state index in [-0.39, 0.29) is 18.6 Å². The molecule has 30 heavy (non-hydrogen) atoms. The molecule has 0 heterocycles. The average molecular weight is 430 g/mol. The minimum atomic E-state index is -0.285. The number of primary amides is 1. The van der Waals surface area contributed by atoms with Crippen LogP contribution in [0.2, 0.25) is 0 Å². The van der Waals surface area contributed by atoms with Crippen molar-refractivity contribution in [3.05, 3.63) is 0 Å². The molecule has 4 nitrogen and oxygen atoms in total. The molecule has 4 heteroatoms. The Morgan fingerprint density at radius 3 is 1.37 bits per heavy atom. The highest BCUT2D eigenvalue weighted by molar-refractivity contribution is 5.73. The predicted molar refractivity (Wildman–Crippen MR) is 131 cm³/mol. The summed E-state index contributed by atoms with van der Waals surface area (Å²) in [5.41, 5.74) is 4.97. The van der Waals surface area contributed by atoms with Gasteiger partial charge in [0.25, 0.3) is 0 Å². The number of hydrogen-bond acceptors (Lipinski definition) is 3. The second kappa shape index (κ2) is 28.4. The predicted octanol–water partition coefficient (Wildman–Crippen LogP) is 7.04. The van der Waals surface area contributed by atoms with E-state index in [1.54, 1.807) is 0 Å². The molecule has 0 spiro atoms. The van der Waals surface area contributed by atoms with Gasteiger partial charge in [0.05, 0.1) is 6.10 Å². The summed E-state index contributed by atoms with van der Waals surface area (Å²) in [6, 6.07) is 0. The lowest BCUT2D eigenvalue weighted by Gasteiger charge is -2.08. The molecular formula is C26H55NO3. The number of unbranched alkanes of at least 4 members (excludes halogenated alkanes) is 16. The maximum absolute atomic E-state index is 10.3. The third kappa shape index (κ3) is 32.1. The summed E-state index contributed by atoms with van der Waals surface area (Å²) in [5, 5.41) is 18.1. The van der Waals surface area contributed by atoms with Crippen molar-refractivity contribution in [2.75, 3.05) is 6.61 Å².